The summed E-state index contributed by atoms with van der Waals surface area (Å²) in [6, 6.07) is 6.57. The highest BCUT2D eigenvalue weighted by molar-refractivity contribution is 8.00. The first kappa shape index (κ1) is 18.1. The Morgan fingerprint density at radius 2 is 2.13 bits per heavy atom. The van der Waals surface area contributed by atoms with E-state index < -0.39 is 0 Å². The molecule has 0 radical (unpaired) electrons. The molecular weight excluding hydrogens is 313 g/mol. The van der Waals surface area contributed by atoms with Crippen LogP contribution in [0, 0.1) is 5.82 Å². The van der Waals surface area contributed by atoms with Gasteiger partial charge in [-0.3, -0.25) is 0 Å². The summed E-state index contributed by atoms with van der Waals surface area (Å²) in [6.45, 7) is 5.79. The van der Waals surface area contributed by atoms with Crippen LogP contribution in [-0.4, -0.2) is 43.3 Å². The lowest BCUT2D eigenvalue weighted by molar-refractivity contribution is 0.0783. The number of guanidine groups is 1. The monoisotopic (exact) mass is 339 g/mol. The number of hydrogen-bond donors (Lipinski definition) is 2. The van der Waals surface area contributed by atoms with Gasteiger partial charge in [-0.15, -0.1) is 0 Å². The average Bonchev–Trinajstić information content (AvgIpc) is 2.58. The Balaban J connectivity index is 1.95. The SMILES string of the molecule is CCNC(=NCc1cccc(F)c1)NCC1(SC)CCOCC1. The van der Waals surface area contributed by atoms with Crippen molar-refractivity contribution in [2.24, 2.45) is 4.99 Å². The number of benzene rings is 1. The van der Waals surface area contributed by atoms with Gasteiger partial charge in [-0.25, -0.2) is 9.38 Å². The van der Waals surface area contributed by atoms with Gasteiger partial charge in [0.15, 0.2) is 5.96 Å². The number of hydrogen-bond acceptors (Lipinski definition) is 3. The maximum Gasteiger partial charge on any atom is 0.191 e. The van der Waals surface area contributed by atoms with E-state index in [4.69, 9.17) is 4.74 Å². The second kappa shape index (κ2) is 9.13. The van der Waals surface area contributed by atoms with E-state index in [-0.39, 0.29) is 10.6 Å². The van der Waals surface area contributed by atoms with Gasteiger partial charge in [0.05, 0.1) is 6.54 Å². The van der Waals surface area contributed by atoms with Gasteiger partial charge in [0.2, 0.25) is 0 Å². The fraction of sp³-hybridized carbons (Fsp3) is 0.588. The fourth-order valence-corrected chi connectivity index (χ4v) is 3.38. The molecule has 1 fully saturated rings. The minimum absolute atomic E-state index is 0.202. The normalized spacial score (nSPS) is 17.8. The topological polar surface area (TPSA) is 45.7 Å². The summed E-state index contributed by atoms with van der Waals surface area (Å²) in [5.74, 6) is 0.552. The molecule has 0 atom stereocenters. The largest absolute Gasteiger partial charge is 0.381 e. The molecule has 1 saturated heterocycles. The molecule has 6 heteroatoms. The second-order valence-electron chi connectivity index (χ2n) is 5.68. The van der Waals surface area contributed by atoms with E-state index in [2.05, 4.69) is 21.9 Å². The van der Waals surface area contributed by atoms with Crippen LogP contribution in [0.3, 0.4) is 0 Å². The Labute approximate surface area is 142 Å². The van der Waals surface area contributed by atoms with Gasteiger partial charge in [0, 0.05) is 31.1 Å². The van der Waals surface area contributed by atoms with Crippen LogP contribution >= 0.6 is 11.8 Å². The zero-order valence-corrected chi connectivity index (χ0v) is 14.7. The molecule has 1 aromatic rings. The van der Waals surface area contributed by atoms with Crippen molar-refractivity contribution < 1.29 is 9.13 Å². The molecule has 0 unspecified atom stereocenters. The molecule has 4 nitrogen and oxygen atoms in total. The van der Waals surface area contributed by atoms with Gasteiger partial charge in [0.1, 0.15) is 5.82 Å². The Hall–Kier alpha value is -1.27. The van der Waals surface area contributed by atoms with Gasteiger partial charge in [-0.2, -0.15) is 11.8 Å². The first-order valence-electron chi connectivity index (χ1n) is 8.07. The van der Waals surface area contributed by atoms with Crippen molar-refractivity contribution in [3.63, 3.8) is 0 Å². The number of aliphatic imine (C=N–C) groups is 1. The van der Waals surface area contributed by atoms with Crippen LogP contribution in [-0.2, 0) is 11.3 Å². The zero-order chi connectivity index (χ0) is 16.5. The molecular formula is C17H26FN3OS. The van der Waals surface area contributed by atoms with Crippen LogP contribution in [0.4, 0.5) is 4.39 Å². The van der Waals surface area contributed by atoms with E-state index in [9.17, 15) is 4.39 Å². The summed E-state index contributed by atoms with van der Waals surface area (Å²) >= 11 is 1.89. The van der Waals surface area contributed by atoms with Crippen molar-refractivity contribution in [3.8, 4) is 0 Å². The molecule has 0 aromatic heterocycles. The maximum atomic E-state index is 13.2. The van der Waals surface area contributed by atoms with E-state index in [1.54, 1.807) is 6.07 Å². The molecule has 0 bridgehead atoms. The van der Waals surface area contributed by atoms with E-state index in [0.29, 0.717) is 6.54 Å². The van der Waals surface area contributed by atoms with E-state index in [0.717, 1.165) is 50.7 Å². The Bertz CT molecular complexity index is 518. The molecule has 1 heterocycles. The Morgan fingerprint density at radius 3 is 2.78 bits per heavy atom. The van der Waals surface area contributed by atoms with E-state index in [1.165, 1.54) is 12.1 Å². The molecule has 23 heavy (non-hydrogen) atoms. The number of nitrogens with zero attached hydrogens (tertiary/aromatic N) is 1. The van der Waals surface area contributed by atoms with Crippen molar-refractivity contribution in [1.29, 1.82) is 0 Å². The highest BCUT2D eigenvalue weighted by Gasteiger charge is 2.31. The van der Waals surface area contributed by atoms with Crippen molar-refractivity contribution in [3.05, 3.63) is 35.6 Å². The summed E-state index contributed by atoms with van der Waals surface area (Å²) in [4.78, 5) is 4.56. The molecule has 0 amide bonds. The third-order valence-corrected chi connectivity index (χ3v) is 5.49. The highest BCUT2D eigenvalue weighted by Crippen LogP contribution is 2.32. The smallest absolute Gasteiger partial charge is 0.191 e. The van der Waals surface area contributed by atoms with Crippen molar-refractivity contribution in [2.75, 3.05) is 32.6 Å². The van der Waals surface area contributed by atoms with Crippen LogP contribution in [0.25, 0.3) is 0 Å². The molecule has 1 aromatic carbocycles. The number of halogens is 1. The lowest BCUT2D eigenvalue weighted by atomic mass is 9.99. The van der Waals surface area contributed by atoms with Gasteiger partial charge in [0.25, 0.3) is 0 Å². The highest BCUT2D eigenvalue weighted by atomic mass is 32.2. The predicted molar refractivity (Wildman–Crippen MR) is 95.5 cm³/mol. The summed E-state index contributed by atoms with van der Waals surface area (Å²) in [5, 5.41) is 6.69. The maximum absolute atomic E-state index is 13.2. The van der Waals surface area contributed by atoms with Gasteiger partial charge >= 0.3 is 0 Å². The number of nitrogens with one attached hydrogen (secondary N) is 2. The summed E-state index contributed by atoms with van der Waals surface area (Å²) in [7, 11) is 0. The molecule has 1 aliphatic heterocycles. The van der Waals surface area contributed by atoms with E-state index >= 15 is 0 Å². The standard InChI is InChI=1S/C17H26FN3OS/c1-3-19-16(20-12-14-5-4-6-15(18)11-14)21-13-17(23-2)7-9-22-10-8-17/h4-6,11H,3,7-10,12-13H2,1-2H3,(H2,19,20,21). The van der Waals surface area contributed by atoms with Crippen LogP contribution in [0.5, 0.6) is 0 Å². The number of rotatable bonds is 6. The predicted octanol–water partition coefficient (Wildman–Crippen LogP) is 2.79. The number of thioether (sulfide) groups is 1. The minimum Gasteiger partial charge on any atom is -0.381 e. The first-order valence-corrected chi connectivity index (χ1v) is 9.29. The van der Waals surface area contributed by atoms with Crippen molar-refractivity contribution >= 4 is 17.7 Å². The summed E-state index contributed by atoms with van der Waals surface area (Å²) in [6.07, 6.45) is 4.25. The van der Waals surface area contributed by atoms with Crippen molar-refractivity contribution in [2.45, 2.75) is 31.1 Å². The number of ether oxygens (including phenoxy) is 1. The van der Waals surface area contributed by atoms with Gasteiger partial charge in [-0.05, 0) is 43.7 Å². The lowest BCUT2D eigenvalue weighted by Gasteiger charge is -2.36. The second-order valence-corrected chi connectivity index (χ2v) is 6.95. The van der Waals surface area contributed by atoms with Gasteiger partial charge < -0.3 is 15.4 Å². The molecule has 2 N–H and O–H groups in total. The molecule has 0 aliphatic carbocycles. The molecule has 1 aliphatic rings. The van der Waals surface area contributed by atoms with Crippen LogP contribution in [0.15, 0.2) is 29.3 Å². The molecule has 128 valence electrons. The molecule has 2 rings (SSSR count). The lowest BCUT2D eigenvalue weighted by Crippen LogP contribution is -2.47. The summed E-state index contributed by atoms with van der Waals surface area (Å²) < 4.78 is 18.9. The third kappa shape index (κ3) is 5.70. The molecule has 0 spiro atoms. The summed E-state index contributed by atoms with van der Waals surface area (Å²) in [5.41, 5.74) is 0.868. The average molecular weight is 339 g/mol. The molecule has 0 saturated carbocycles. The third-order valence-electron chi connectivity index (χ3n) is 4.07. The van der Waals surface area contributed by atoms with Crippen LogP contribution in [0.1, 0.15) is 25.3 Å². The quantitative estimate of drug-likeness (QED) is 0.618. The van der Waals surface area contributed by atoms with E-state index in [1.807, 2.05) is 24.8 Å². The van der Waals surface area contributed by atoms with Gasteiger partial charge in [-0.1, -0.05) is 12.1 Å². The van der Waals surface area contributed by atoms with Crippen LogP contribution < -0.4 is 10.6 Å². The Kier molecular flexibility index (Phi) is 7.17. The zero-order valence-electron chi connectivity index (χ0n) is 13.9. The first-order chi connectivity index (χ1) is 11.2. The Morgan fingerprint density at radius 1 is 1.35 bits per heavy atom. The van der Waals surface area contributed by atoms with Crippen molar-refractivity contribution in [1.82, 2.24) is 10.6 Å². The minimum atomic E-state index is -0.223. The van der Waals surface area contributed by atoms with Crippen LogP contribution in [0.2, 0.25) is 0 Å². The fourth-order valence-electron chi connectivity index (χ4n) is 2.59.